The van der Waals surface area contributed by atoms with Crippen molar-refractivity contribution in [3.8, 4) is 0 Å². The molecule has 1 spiro atoms. The third-order valence-corrected chi connectivity index (χ3v) is 10.4. The molecule has 2 unspecified atom stereocenters. The van der Waals surface area contributed by atoms with Crippen LogP contribution in [0.4, 0.5) is 0 Å². The Hall–Kier alpha value is -2.58. The van der Waals surface area contributed by atoms with Gasteiger partial charge in [-0.2, -0.15) is 0 Å². The van der Waals surface area contributed by atoms with Crippen molar-refractivity contribution in [3.05, 3.63) is 61.2 Å². The minimum absolute atomic E-state index is 0.0173. The number of nitrogens with zero attached hydrogens (tertiary/aromatic N) is 3. The maximum absolute atomic E-state index is 14.2. The fourth-order valence-electron chi connectivity index (χ4n) is 6.78. The first-order valence-corrected chi connectivity index (χ1v) is 15.1. The molecule has 4 rings (SSSR count). The largest absolute Gasteiger partial charge is 0.396 e. The number of rotatable bonds is 14. The Morgan fingerprint density at radius 3 is 2.49 bits per heavy atom. The molecule has 8 heteroatoms. The Morgan fingerprint density at radius 2 is 1.85 bits per heavy atom. The quantitative estimate of drug-likeness (QED) is 0.279. The fraction of sp³-hybridized carbons (Fsp3) is 0.581. The molecule has 1 aromatic rings. The van der Waals surface area contributed by atoms with Crippen molar-refractivity contribution in [3.63, 3.8) is 0 Å². The lowest BCUT2D eigenvalue weighted by atomic mass is 9.70. The monoisotopic (exact) mass is 553 g/mol. The van der Waals surface area contributed by atoms with Crippen molar-refractivity contribution >= 4 is 29.5 Å². The minimum atomic E-state index is -0.600. The molecule has 3 aliphatic rings. The van der Waals surface area contributed by atoms with Crippen LogP contribution in [0.3, 0.4) is 0 Å². The summed E-state index contributed by atoms with van der Waals surface area (Å²) in [7, 11) is 0. The average molecular weight is 554 g/mol. The van der Waals surface area contributed by atoms with Gasteiger partial charge in [-0.15, -0.1) is 24.9 Å². The summed E-state index contributed by atoms with van der Waals surface area (Å²) < 4.78 is -0.600. The fourth-order valence-corrected chi connectivity index (χ4v) is 8.99. The summed E-state index contributed by atoms with van der Waals surface area (Å²) >= 11 is 1.71. The van der Waals surface area contributed by atoms with Crippen LogP contribution in [0.1, 0.15) is 51.5 Å². The highest BCUT2D eigenvalue weighted by Gasteiger charge is 2.74. The zero-order valence-corrected chi connectivity index (χ0v) is 24.2. The van der Waals surface area contributed by atoms with Crippen LogP contribution in [-0.4, -0.2) is 85.8 Å². The zero-order valence-electron chi connectivity index (χ0n) is 23.3. The van der Waals surface area contributed by atoms with E-state index in [0.717, 1.165) is 24.8 Å². The van der Waals surface area contributed by atoms with Crippen molar-refractivity contribution in [2.75, 3.05) is 26.2 Å². The van der Waals surface area contributed by atoms with Crippen molar-refractivity contribution < 1.29 is 19.5 Å². The number of aliphatic hydroxyl groups excluding tert-OH is 1. The SMILES string of the molecule is C=CCN(Cc1ccccc1)C(=O)[C@@H]1[C@@H]2CCC3(S2)C(C(=O)N(CC=C)C(C)C)N(CCCCCO)C(=O)[C@H]13. The van der Waals surface area contributed by atoms with E-state index in [9.17, 15) is 19.5 Å². The number of fused-ring (bicyclic) bond motifs is 1. The summed E-state index contributed by atoms with van der Waals surface area (Å²) in [4.78, 5) is 48.1. The van der Waals surface area contributed by atoms with Gasteiger partial charge in [-0.05, 0) is 51.5 Å². The van der Waals surface area contributed by atoms with Crippen LogP contribution in [0, 0.1) is 11.8 Å². The van der Waals surface area contributed by atoms with E-state index in [4.69, 9.17) is 0 Å². The normalized spacial score (nSPS) is 27.1. The minimum Gasteiger partial charge on any atom is -0.396 e. The maximum Gasteiger partial charge on any atom is 0.247 e. The number of hydrogen-bond donors (Lipinski definition) is 1. The van der Waals surface area contributed by atoms with E-state index in [2.05, 4.69) is 13.2 Å². The molecule has 7 nitrogen and oxygen atoms in total. The summed E-state index contributed by atoms with van der Waals surface area (Å²) in [5.41, 5.74) is 1.03. The Labute approximate surface area is 237 Å². The predicted molar refractivity (Wildman–Crippen MR) is 156 cm³/mol. The van der Waals surface area contributed by atoms with Crippen LogP contribution < -0.4 is 0 Å². The van der Waals surface area contributed by atoms with E-state index in [1.54, 1.807) is 28.8 Å². The zero-order chi connectivity index (χ0) is 28.2. The molecule has 0 saturated carbocycles. The first-order chi connectivity index (χ1) is 18.8. The smallest absolute Gasteiger partial charge is 0.247 e. The Bertz CT molecular complexity index is 1060. The molecule has 3 aliphatic heterocycles. The summed E-state index contributed by atoms with van der Waals surface area (Å²) in [5.74, 6) is -1.09. The lowest BCUT2D eigenvalue weighted by Crippen LogP contribution is -2.56. The van der Waals surface area contributed by atoms with Gasteiger partial charge in [-0.25, -0.2) is 0 Å². The van der Waals surface area contributed by atoms with Gasteiger partial charge >= 0.3 is 0 Å². The second-order valence-corrected chi connectivity index (χ2v) is 12.8. The van der Waals surface area contributed by atoms with Crippen LogP contribution >= 0.6 is 11.8 Å². The molecule has 3 fully saturated rings. The number of carbonyl (C=O) groups is 3. The second kappa shape index (κ2) is 12.7. The van der Waals surface area contributed by atoms with Crippen molar-refractivity contribution in [1.29, 1.82) is 0 Å². The van der Waals surface area contributed by atoms with Gasteiger partial charge < -0.3 is 19.8 Å². The van der Waals surface area contributed by atoms with Gasteiger partial charge in [0.1, 0.15) is 6.04 Å². The first kappa shape index (κ1) is 29.4. The predicted octanol–water partition coefficient (Wildman–Crippen LogP) is 3.88. The molecular formula is C31H43N3O4S. The number of aliphatic hydroxyl groups is 1. The Morgan fingerprint density at radius 1 is 1.13 bits per heavy atom. The highest BCUT2D eigenvalue weighted by Crippen LogP contribution is 2.66. The number of benzene rings is 1. The van der Waals surface area contributed by atoms with E-state index in [1.165, 1.54) is 0 Å². The van der Waals surface area contributed by atoms with Crippen LogP contribution in [0.5, 0.6) is 0 Å². The molecule has 212 valence electrons. The highest BCUT2D eigenvalue weighted by molar-refractivity contribution is 8.02. The molecule has 3 saturated heterocycles. The molecule has 1 N–H and O–H groups in total. The number of thioether (sulfide) groups is 1. The third kappa shape index (κ3) is 5.55. The number of carbonyl (C=O) groups excluding carboxylic acids is 3. The van der Waals surface area contributed by atoms with Crippen molar-refractivity contribution in [2.45, 2.75) is 74.6 Å². The molecule has 5 atom stereocenters. The second-order valence-electron chi connectivity index (χ2n) is 11.2. The van der Waals surface area contributed by atoms with Crippen LogP contribution in [0.25, 0.3) is 0 Å². The standard InChI is InChI=1S/C31H43N3O4S/c1-5-17-32(21-23-13-9-7-10-14-23)28(36)25-24-15-16-31(39-24)26(25)29(37)34(19-11-8-12-20-35)27(31)30(38)33(18-6-2)22(3)4/h5-7,9-10,13-14,22,24-27,35H,1-2,8,11-12,15-21H2,3-4H3/t24-,25+,26-,27?,31?/m0/s1. The van der Waals surface area contributed by atoms with Crippen LogP contribution in [0.2, 0.25) is 0 Å². The van der Waals surface area contributed by atoms with Gasteiger partial charge in [0, 0.05) is 44.1 Å². The molecule has 1 aromatic carbocycles. The summed E-state index contributed by atoms with van der Waals surface area (Å²) in [5, 5.41) is 9.27. The first-order valence-electron chi connectivity index (χ1n) is 14.2. The molecule has 0 radical (unpaired) electrons. The average Bonchev–Trinajstić information content (AvgIpc) is 3.56. The van der Waals surface area contributed by atoms with Crippen LogP contribution in [0.15, 0.2) is 55.6 Å². The van der Waals surface area contributed by atoms with Gasteiger partial charge in [0.15, 0.2) is 0 Å². The van der Waals surface area contributed by atoms with E-state index in [-0.39, 0.29) is 35.6 Å². The number of amides is 3. The maximum atomic E-state index is 14.2. The van der Waals surface area contributed by atoms with Gasteiger partial charge in [0.25, 0.3) is 0 Å². The molecule has 3 amide bonds. The molecule has 3 heterocycles. The van der Waals surface area contributed by atoms with Crippen molar-refractivity contribution in [1.82, 2.24) is 14.7 Å². The van der Waals surface area contributed by atoms with Gasteiger partial charge in [-0.1, -0.05) is 42.5 Å². The lowest BCUT2D eigenvalue weighted by Gasteiger charge is -2.39. The van der Waals surface area contributed by atoms with Gasteiger partial charge in [-0.3, -0.25) is 14.4 Å². The highest BCUT2D eigenvalue weighted by atomic mass is 32.2. The van der Waals surface area contributed by atoms with E-state index in [1.807, 2.05) is 54.0 Å². The summed E-state index contributed by atoms with van der Waals surface area (Å²) in [6.07, 6.45) is 7.21. The van der Waals surface area contributed by atoms with Gasteiger partial charge in [0.05, 0.1) is 16.6 Å². The number of hydrogen-bond acceptors (Lipinski definition) is 5. The summed E-state index contributed by atoms with van der Waals surface area (Å²) in [6, 6.07) is 9.25. The van der Waals surface area contributed by atoms with E-state index < -0.39 is 22.6 Å². The molecular weight excluding hydrogens is 510 g/mol. The molecule has 2 bridgehead atoms. The third-order valence-electron chi connectivity index (χ3n) is 8.49. The van der Waals surface area contributed by atoms with Gasteiger partial charge in [0.2, 0.25) is 17.7 Å². The number of unbranched alkanes of at least 4 members (excludes halogenated alkanes) is 2. The topological polar surface area (TPSA) is 81.2 Å². The van der Waals surface area contributed by atoms with Crippen molar-refractivity contribution in [2.24, 2.45) is 11.8 Å². The molecule has 0 aliphatic carbocycles. The molecule has 0 aromatic heterocycles. The van der Waals surface area contributed by atoms with E-state index >= 15 is 0 Å². The van der Waals surface area contributed by atoms with E-state index in [0.29, 0.717) is 39.0 Å². The summed E-state index contributed by atoms with van der Waals surface area (Å²) in [6.45, 7) is 13.6. The Balaban J connectivity index is 1.68. The Kier molecular flexibility index (Phi) is 9.60. The lowest BCUT2D eigenvalue weighted by molar-refractivity contribution is -0.145. The number of likely N-dealkylation sites (tertiary alicyclic amines) is 1. The van der Waals surface area contributed by atoms with Crippen LogP contribution in [-0.2, 0) is 20.9 Å². The molecule has 39 heavy (non-hydrogen) atoms.